The zero-order valence-electron chi connectivity index (χ0n) is 39.5. The van der Waals surface area contributed by atoms with Crippen molar-refractivity contribution in [1.82, 2.24) is 4.57 Å². The number of rotatable bonds is 4. The topological polar surface area (TPSA) is 25.8 Å². The van der Waals surface area contributed by atoms with Crippen molar-refractivity contribution in [3.8, 4) is 50.6 Å². The fourth-order valence-corrected chi connectivity index (χ4v) is 13.4. The second kappa shape index (κ2) is 13.8. The molecule has 0 fully saturated rings. The molecule has 6 heteroatoms. The van der Waals surface area contributed by atoms with E-state index in [2.05, 4.69) is 209 Å². The third-order valence-corrected chi connectivity index (χ3v) is 17.0. The van der Waals surface area contributed by atoms with Crippen LogP contribution in [-0.4, -0.2) is 12.6 Å². The van der Waals surface area contributed by atoms with Crippen LogP contribution in [0.15, 0.2) is 150 Å². The minimum atomic E-state index is -1.87. The van der Waals surface area contributed by atoms with Gasteiger partial charge in [-0.2, -0.15) is 4.57 Å². The molecule has 0 aliphatic carbocycles. The van der Waals surface area contributed by atoms with Crippen LogP contribution in [0.4, 0.5) is 4.39 Å². The van der Waals surface area contributed by atoms with Crippen LogP contribution in [0.25, 0.3) is 83.6 Å². The van der Waals surface area contributed by atoms with E-state index in [1.54, 1.807) is 12.1 Å². The molecule has 3 aromatic heterocycles. The van der Waals surface area contributed by atoms with E-state index in [0.717, 1.165) is 83.6 Å². The molecule has 0 saturated heterocycles. The number of hydrogen-bond acceptors (Lipinski definition) is 1. The Labute approximate surface area is 387 Å². The average Bonchev–Trinajstić information content (AvgIpc) is 3.99. The minimum absolute atomic E-state index is 0.278. The van der Waals surface area contributed by atoms with E-state index >= 15 is 4.39 Å². The number of fused-ring (bicyclic) bond motifs is 16. The van der Waals surface area contributed by atoms with Gasteiger partial charge < -0.3 is 4.42 Å². The molecule has 1 spiro atoms. The van der Waals surface area contributed by atoms with E-state index in [9.17, 15) is 0 Å². The Morgan fingerprint density at radius 1 is 0.636 bits per heavy atom. The molecule has 0 N–H and O–H groups in total. The summed E-state index contributed by atoms with van der Waals surface area (Å²) in [6, 6.07) is 49.9. The third-order valence-electron chi connectivity index (χ3n) is 14.9. The summed E-state index contributed by atoms with van der Waals surface area (Å²) < 4.78 is 31.2. The molecule has 2 aliphatic rings. The van der Waals surface area contributed by atoms with Crippen molar-refractivity contribution in [2.24, 2.45) is 0 Å². The van der Waals surface area contributed by atoms with Crippen LogP contribution >= 0.6 is 0 Å². The molecular formula is C60H54FN3OSi+2. The van der Waals surface area contributed by atoms with Crippen LogP contribution in [0.1, 0.15) is 59.7 Å². The van der Waals surface area contributed by atoms with Crippen LogP contribution in [0, 0.1) is 33.5 Å². The van der Waals surface area contributed by atoms with E-state index in [1.165, 1.54) is 44.1 Å². The maximum Gasteiger partial charge on any atom is 0.364 e. The van der Waals surface area contributed by atoms with Crippen molar-refractivity contribution in [3.63, 3.8) is 0 Å². The average molecular weight is 880 g/mol. The summed E-state index contributed by atoms with van der Waals surface area (Å²) in [5.74, 6) is 0.677. The lowest BCUT2D eigenvalue weighted by molar-refractivity contribution is -0.944. The van der Waals surface area contributed by atoms with Crippen molar-refractivity contribution < 1.29 is 17.9 Å². The van der Waals surface area contributed by atoms with E-state index in [1.807, 2.05) is 6.07 Å². The highest BCUT2D eigenvalue weighted by atomic mass is 28.3. The number of para-hydroxylation sites is 1. The van der Waals surface area contributed by atoms with E-state index in [4.69, 9.17) is 4.42 Å². The first kappa shape index (κ1) is 40.6. The molecule has 0 amide bonds. The molecule has 7 aromatic carbocycles. The van der Waals surface area contributed by atoms with Crippen molar-refractivity contribution in [2.45, 2.75) is 79.2 Å². The first-order chi connectivity index (χ1) is 31.6. The second-order valence-corrected chi connectivity index (χ2v) is 26.0. The van der Waals surface area contributed by atoms with Gasteiger partial charge in [0, 0.05) is 39.2 Å². The molecule has 66 heavy (non-hydrogen) atoms. The lowest BCUT2D eigenvalue weighted by atomic mass is 9.83. The smallest absolute Gasteiger partial charge is 0.364 e. The Kier molecular flexibility index (Phi) is 8.50. The maximum atomic E-state index is 16.3. The van der Waals surface area contributed by atoms with Crippen molar-refractivity contribution in [2.75, 3.05) is 0 Å². The number of benzene rings is 7. The summed E-state index contributed by atoms with van der Waals surface area (Å²) in [6.45, 7) is 23.0. The van der Waals surface area contributed by atoms with E-state index in [0.29, 0.717) is 0 Å². The summed E-state index contributed by atoms with van der Waals surface area (Å²) in [5, 5.41) is 3.52. The Morgan fingerprint density at radius 2 is 1.35 bits per heavy atom. The van der Waals surface area contributed by atoms with Crippen molar-refractivity contribution in [3.05, 3.63) is 190 Å². The van der Waals surface area contributed by atoms with Crippen LogP contribution in [0.3, 0.4) is 0 Å². The van der Waals surface area contributed by atoms with Gasteiger partial charge in [-0.05, 0) is 121 Å². The van der Waals surface area contributed by atoms with Gasteiger partial charge >= 0.3 is 11.5 Å². The largest absolute Gasteiger partial charge is 0.455 e. The lowest BCUT2D eigenvalue weighted by Gasteiger charge is -2.23. The molecule has 0 saturated carbocycles. The van der Waals surface area contributed by atoms with Gasteiger partial charge in [0.15, 0.2) is 22.8 Å². The summed E-state index contributed by atoms with van der Waals surface area (Å²) in [4.78, 5) is 0. The molecule has 324 valence electrons. The summed E-state index contributed by atoms with van der Waals surface area (Å²) >= 11 is 0. The predicted molar refractivity (Wildman–Crippen MR) is 271 cm³/mol. The molecule has 10 aromatic rings. The Bertz CT molecular complexity index is 3710. The molecule has 0 radical (unpaired) electrons. The first-order valence-corrected chi connectivity index (χ1v) is 26.8. The molecule has 1 atom stereocenters. The summed E-state index contributed by atoms with van der Waals surface area (Å²) in [5.41, 5.74) is 19.8. The Hall–Kier alpha value is -6.89. The van der Waals surface area contributed by atoms with Gasteiger partial charge in [-0.3, -0.25) is 0 Å². The standard InChI is InChI=1S/C60H54FN3OSi/c1-35-29-41(30-36(2)38(35)4)40-23-25-44-45-26-27-48-55(57(45)65-53(44)32-40)58-63(56-43(39-17-12-11-13-18-39)20-16-22-49(56)59(5,6)7)52-33-42(61)24-28-50(52)64(58)60(48)47-21-15-14-19-46(47)51-31-37(3)54(34-62(51)60)66(8,9)10/h11-34H,1-10H3/q+2. The molecule has 4 nitrogen and oxygen atoms in total. The number of furan rings is 1. The molecule has 0 bridgehead atoms. The van der Waals surface area contributed by atoms with Crippen molar-refractivity contribution >= 4 is 46.2 Å². The summed E-state index contributed by atoms with van der Waals surface area (Å²) in [7, 11) is -1.87. The number of aromatic nitrogens is 3. The summed E-state index contributed by atoms with van der Waals surface area (Å²) in [6.07, 6.45) is 2.47. The van der Waals surface area contributed by atoms with E-state index < -0.39 is 13.7 Å². The number of pyridine rings is 1. The quantitative estimate of drug-likeness (QED) is 0.128. The fraction of sp³-hybridized carbons (Fsp3) is 0.200. The SMILES string of the molecule is Cc1cc2[n+](cc1[Si](C)(C)C)C1(c3ccccc3-2)c2ccc3c(oc4cc(-c5cc(C)c(C)c(C)c5)ccc43)c2-c2n(-c3c(-c4ccccc4)cccc3C(C)(C)C)c3cc(F)ccc3[n+]21. The molecule has 2 aliphatic heterocycles. The highest BCUT2D eigenvalue weighted by Crippen LogP contribution is 2.53. The van der Waals surface area contributed by atoms with Crippen LogP contribution in [0.5, 0.6) is 0 Å². The second-order valence-electron chi connectivity index (χ2n) is 21.0. The maximum absolute atomic E-state index is 16.3. The Balaban J connectivity index is 1.30. The molecule has 1 unspecified atom stereocenters. The molecule has 12 rings (SSSR count). The zero-order chi connectivity index (χ0) is 45.8. The molecule has 5 heterocycles. The number of nitrogens with zero attached hydrogens (tertiary/aromatic N) is 3. The highest BCUT2D eigenvalue weighted by molar-refractivity contribution is 6.88. The van der Waals surface area contributed by atoms with Gasteiger partial charge in [0.1, 0.15) is 22.7 Å². The molecular weight excluding hydrogens is 826 g/mol. The number of halogens is 1. The monoisotopic (exact) mass is 879 g/mol. The van der Waals surface area contributed by atoms with E-state index in [-0.39, 0.29) is 11.2 Å². The number of imidazole rings is 1. The van der Waals surface area contributed by atoms with Gasteiger partial charge in [-0.1, -0.05) is 119 Å². The van der Waals surface area contributed by atoms with Gasteiger partial charge in [0.05, 0.1) is 24.8 Å². The van der Waals surface area contributed by atoms with Crippen molar-refractivity contribution in [1.29, 1.82) is 0 Å². The van der Waals surface area contributed by atoms with Crippen LogP contribution < -0.4 is 14.3 Å². The first-order valence-electron chi connectivity index (χ1n) is 23.3. The van der Waals surface area contributed by atoms with Gasteiger partial charge in [-0.15, -0.1) is 9.13 Å². The normalized spacial score (nSPS) is 15.3. The number of aryl methyl sites for hydroxylation is 3. The number of hydrogen-bond donors (Lipinski definition) is 0. The minimum Gasteiger partial charge on any atom is -0.455 e. The lowest BCUT2D eigenvalue weighted by Crippen LogP contribution is -2.72. The Morgan fingerprint density at radius 3 is 2.09 bits per heavy atom. The van der Waals surface area contributed by atoms with Crippen LogP contribution in [0.2, 0.25) is 19.6 Å². The van der Waals surface area contributed by atoms with Gasteiger partial charge in [0.2, 0.25) is 5.69 Å². The predicted octanol–water partition coefficient (Wildman–Crippen LogP) is 13.9. The third kappa shape index (κ3) is 5.48. The van der Waals surface area contributed by atoms with Gasteiger partial charge in [-0.25, -0.2) is 4.39 Å². The van der Waals surface area contributed by atoms with Crippen LogP contribution in [-0.2, 0) is 11.1 Å². The fourth-order valence-electron chi connectivity index (χ4n) is 11.6. The van der Waals surface area contributed by atoms with Gasteiger partial charge in [0.25, 0.3) is 0 Å². The zero-order valence-corrected chi connectivity index (χ0v) is 40.5. The highest BCUT2D eigenvalue weighted by Gasteiger charge is 2.67.